The minimum Gasteiger partial charge on any atom is -0.486 e. The van der Waals surface area contributed by atoms with E-state index in [4.69, 9.17) is 21.1 Å². The zero-order chi connectivity index (χ0) is 16.5. The monoisotopic (exact) mass is 350 g/mol. The summed E-state index contributed by atoms with van der Waals surface area (Å²) in [4.78, 5) is 12.4. The Kier molecular flexibility index (Phi) is 4.44. The van der Waals surface area contributed by atoms with Crippen LogP contribution in [0.2, 0.25) is 0 Å². The molecule has 2 aliphatic heterocycles. The van der Waals surface area contributed by atoms with Crippen molar-refractivity contribution in [1.82, 2.24) is 5.32 Å². The fraction of sp³-hybridized carbons (Fsp3) is 0.611. The molecule has 24 heavy (non-hydrogen) atoms. The summed E-state index contributed by atoms with van der Waals surface area (Å²) >= 11 is 6.31. The quantitative estimate of drug-likeness (QED) is 0.823. The van der Waals surface area contributed by atoms with E-state index < -0.39 is 0 Å². The van der Waals surface area contributed by atoms with Crippen LogP contribution in [0.15, 0.2) is 18.2 Å². The Morgan fingerprint density at radius 1 is 1.17 bits per heavy atom. The van der Waals surface area contributed by atoms with E-state index in [1.54, 1.807) is 0 Å². The summed E-state index contributed by atoms with van der Waals surface area (Å²) in [7, 11) is 0. The van der Waals surface area contributed by atoms with Crippen molar-refractivity contribution in [1.29, 1.82) is 0 Å². The van der Waals surface area contributed by atoms with Crippen LogP contribution in [0.3, 0.4) is 0 Å². The van der Waals surface area contributed by atoms with Crippen LogP contribution in [-0.2, 0) is 4.79 Å². The average molecular weight is 351 g/mol. The maximum atomic E-state index is 12.4. The summed E-state index contributed by atoms with van der Waals surface area (Å²) in [5, 5.41) is 6.82. The summed E-state index contributed by atoms with van der Waals surface area (Å²) in [5.41, 5.74) is 0.952. The molecule has 4 unspecified atom stereocenters. The van der Waals surface area contributed by atoms with Crippen LogP contribution >= 0.6 is 11.6 Å². The van der Waals surface area contributed by atoms with Gasteiger partial charge in [0.2, 0.25) is 5.91 Å². The second-order valence-corrected chi connectivity index (χ2v) is 7.57. The van der Waals surface area contributed by atoms with Crippen LogP contribution in [0.25, 0.3) is 0 Å². The van der Waals surface area contributed by atoms with Crippen LogP contribution in [0.5, 0.6) is 11.5 Å². The van der Waals surface area contributed by atoms with Crippen LogP contribution in [0.4, 0.5) is 5.69 Å². The second kappa shape index (κ2) is 6.71. The first-order chi connectivity index (χ1) is 11.7. The molecule has 1 saturated carbocycles. The topological polar surface area (TPSA) is 59.6 Å². The molecule has 2 heterocycles. The fourth-order valence-electron chi connectivity index (χ4n) is 4.00. The number of carbonyl (C=O) groups is 1. The zero-order valence-electron chi connectivity index (χ0n) is 13.6. The van der Waals surface area contributed by atoms with E-state index >= 15 is 0 Å². The van der Waals surface area contributed by atoms with E-state index in [0.29, 0.717) is 31.7 Å². The molecule has 6 heteroatoms. The van der Waals surface area contributed by atoms with Crippen molar-refractivity contribution in [2.45, 2.75) is 37.1 Å². The molecule has 3 aliphatic rings. The van der Waals surface area contributed by atoms with Gasteiger partial charge in [-0.1, -0.05) is 0 Å². The molecule has 0 aromatic heterocycles. The number of benzene rings is 1. The lowest BCUT2D eigenvalue weighted by atomic mass is 9.75. The van der Waals surface area contributed by atoms with Gasteiger partial charge < -0.3 is 20.1 Å². The third-order valence-corrected chi connectivity index (χ3v) is 5.70. The number of amides is 1. The first-order valence-corrected chi connectivity index (χ1v) is 9.20. The zero-order valence-corrected chi connectivity index (χ0v) is 14.3. The number of carbonyl (C=O) groups excluding carboxylic acids is 1. The lowest BCUT2D eigenvalue weighted by Gasteiger charge is -2.41. The van der Waals surface area contributed by atoms with Crippen molar-refractivity contribution in [3.8, 4) is 11.5 Å². The Morgan fingerprint density at radius 2 is 2.00 bits per heavy atom. The summed E-state index contributed by atoms with van der Waals surface area (Å²) in [6.45, 7) is 1.79. The van der Waals surface area contributed by atoms with Crippen LogP contribution in [0.1, 0.15) is 25.7 Å². The van der Waals surface area contributed by atoms with Crippen molar-refractivity contribution in [3.63, 3.8) is 0 Å². The van der Waals surface area contributed by atoms with Gasteiger partial charge in [-0.2, -0.15) is 0 Å². The van der Waals surface area contributed by atoms with Crippen molar-refractivity contribution < 1.29 is 14.3 Å². The van der Waals surface area contributed by atoms with E-state index in [9.17, 15) is 4.79 Å². The molecule has 4 atom stereocenters. The lowest BCUT2D eigenvalue weighted by Crippen LogP contribution is -2.53. The number of hydrogen-bond acceptors (Lipinski definition) is 4. The summed E-state index contributed by atoms with van der Waals surface area (Å²) in [6, 6.07) is 6.13. The van der Waals surface area contributed by atoms with Crippen molar-refractivity contribution in [2.24, 2.45) is 11.8 Å². The molecule has 0 bridgehead atoms. The third kappa shape index (κ3) is 3.27. The van der Waals surface area contributed by atoms with Crippen molar-refractivity contribution in [3.05, 3.63) is 18.2 Å². The van der Waals surface area contributed by atoms with Gasteiger partial charge in [-0.3, -0.25) is 4.79 Å². The molecule has 1 aromatic carbocycles. The summed E-state index contributed by atoms with van der Waals surface area (Å²) in [5.74, 6) is 2.19. The van der Waals surface area contributed by atoms with E-state index in [2.05, 4.69) is 10.6 Å². The maximum Gasteiger partial charge on any atom is 0.225 e. The van der Waals surface area contributed by atoms with E-state index in [0.717, 1.165) is 42.9 Å². The van der Waals surface area contributed by atoms with Gasteiger partial charge in [0, 0.05) is 29.7 Å². The summed E-state index contributed by atoms with van der Waals surface area (Å²) in [6.07, 6.45) is 3.93. The fourth-order valence-corrected chi connectivity index (χ4v) is 4.36. The molecule has 4 rings (SSSR count). The molecule has 1 amide bonds. The van der Waals surface area contributed by atoms with Gasteiger partial charge in [-0.15, -0.1) is 11.6 Å². The number of anilines is 1. The van der Waals surface area contributed by atoms with Gasteiger partial charge in [-0.05, 0) is 43.7 Å². The lowest BCUT2D eigenvalue weighted by molar-refractivity contribution is -0.129. The molecule has 2 N–H and O–H groups in total. The molecular weight excluding hydrogens is 328 g/mol. The number of piperidine rings is 1. The second-order valence-electron chi connectivity index (χ2n) is 6.96. The maximum absolute atomic E-state index is 12.4. The SMILES string of the molecule is O=C1NC2CCC(Cl)CC2CC1CNc1ccc2c(c1)OCCO2. The third-order valence-electron chi connectivity index (χ3n) is 5.30. The Balaban J connectivity index is 1.37. The molecular formula is C18H23ClN2O3. The number of ether oxygens (including phenoxy) is 2. The van der Waals surface area contributed by atoms with E-state index in [-0.39, 0.29) is 17.2 Å². The highest BCUT2D eigenvalue weighted by molar-refractivity contribution is 6.20. The number of halogens is 1. The predicted octanol–water partition coefficient (Wildman–Crippen LogP) is 2.78. The highest BCUT2D eigenvalue weighted by Gasteiger charge is 2.38. The predicted molar refractivity (Wildman–Crippen MR) is 92.9 cm³/mol. The van der Waals surface area contributed by atoms with Gasteiger partial charge in [0.15, 0.2) is 11.5 Å². The van der Waals surface area contributed by atoms with Gasteiger partial charge in [0.25, 0.3) is 0 Å². The average Bonchev–Trinajstić information content (AvgIpc) is 2.60. The molecule has 0 radical (unpaired) electrons. The number of alkyl halides is 1. The highest BCUT2D eigenvalue weighted by Crippen LogP contribution is 2.36. The molecule has 0 spiro atoms. The molecule has 1 saturated heterocycles. The Hall–Kier alpha value is -1.62. The molecule has 5 nitrogen and oxygen atoms in total. The van der Waals surface area contributed by atoms with Gasteiger partial charge in [0.05, 0.1) is 5.92 Å². The smallest absolute Gasteiger partial charge is 0.225 e. The first-order valence-electron chi connectivity index (χ1n) is 8.77. The Bertz CT molecular complexity index is 624. The first kappa shape index (κ1) is 15.9. The Labute approximate surface area is 147 Å². The van der Waals surface area contributed by atoms with Crippen LogP contribution in [0, 0.1) is 11.8 Å². The van der Waals surface area contributed by atoms with Gasteiger partial charge in [-0.25, -0.2) is 0 Å². The molecule has 130 valence electrons. The minimum absolute atomic E-state index is 0.0126. The van der Waals surface area contributed by atoms with Gasteiger partial charge >= 0.3 is 0 Å². The van der Waals surface area contributed by atoms with E-state index in [1.165, 1.54) is 0 Å². The van der Waals surface area contributed by atoms with Crippen LogP contribution in [-0.4, -0.2) is 37.1 Å². The van der Waals surface area contributed by atoms with Crippen molar-refractivity contribution >= 4 is 23.2 Å². The number of nitrogens with one attached hydrogen (secondary N) is 2. The summed E-state index contributed by atoms with van der Waals surface area (Å²) < 4.78 is 11.1. The number of hydrogen-bond donors (Lipinski definition) is 2. The minimum atomic E-state index is -0.0126. The Morgan fingerprint density at radius 3 is 2.88 bits per heavy atom. The molecule has 1 aliphatic carbocycles. The standard InChI is InChI=1S/C18H23ClN2O3/c19-13-1-3-15-11(8-13)7-12(18(22)21-15)10-20-14-2-4-16-17(9-14)24-6-5-23-16/h2,4,9,11-13,15,20H,1,3,5-8,10H2,(H,21,22). The molecule has 2 fully saturated rings. The largest absolute Gasteiger partial charge is 0.486 e. The van der Waals surface area contributed by atoms with Crippen LogP contribution < -0.4 is 20.1 Å². The van der Waals surface area contributed by atoms with E-state index in [1.807, 2.05) is 18.2 Å². The normalized spacial score (nSPS) is 31.8. The molecule has 1 aromatic rings. The van der Waals surface area contributed by atoms with Crippen molar-refractivity contribution in [2.75, 3.05) is 25.1 Å². The number of rotatable bonds is 3. The number of fused-ring (bicyclic) bond motifs is 2. The highest BCUT2D eigenvalue weighted by atomic mass is 35.5. The van der Waals surface area contributed by atoms with Gasteiger partial charge in [0.1, 0.15) is 13.2 Å².